The van der Waals surface area contributed by atoms with Gasteiger partial charge < -0.3 is 4.74 Å². The van der Waals surface area contributed by atoms with Crippen LogP contribution >= 0.6 is 0 Å². The molecule has 0 atom stereocenters. The van der Waals surface area contributed by atoms with Crippen LogP contribution in [0.1, 0.15) is 16.2 Å². The number of hydrogen-bond acceptors (Lipinski definition) is 6. The first-order chi connectivity index (χ1) is 10.3. The molecule has 0 fully saturated rings. The molecule has 0 aliphatic rings. The Morgan fingerprint density at radius 2 is 1.91 bits per heavy atom. The summed E-state index contributed by atoms with van der Waals surface area (Å²) in [6.45, 7) is 0. The van der Waals surface area contributed by atoms with Gasteiger partial charge in [0.05, 0.1) is 17.7 Å². The number of ether oxygens (including phenoxy) is 1. The topological polar surface area (TPSA) is 100 Å². The van der Waals surface area contributed by atoms with Gasteiger partial charge >= 0.3 is 12.1 Å². The minimum atomic E-state index is -4.92. The Kier molecular flexibility index (Phi) is 3.80. The molecule has 0 unspecified atom stereocenters. The lowest BCUT2D eigenvalue weighted by molar-refractivity contribution is -0.384. The number of hydrogen-bond donors (Lipinski definition) is 0. The molecule has 22 heavy (non-hydrogen) atoms. The van der Waals surface area contributed by atoms with E-state index in [-0.39, 0.29) is 11.4 Å². The van der Waals surface area contributed by atoms with Crippen molar-refractivity contribution >= 4 is 11.7 Å². The van der Waals surface area contributed by atoms with Crippen molar-refractivity contribution in [2.24, 2.45) is 0 Å². The van der Waals surface area contributed by atoms with E-state index in [1.165, 1.54) is 0 Å². The Morgan fingerprint density at radius 1 is 1.32 bits per heavy atom. The van der Waals surface area contributed by atoms with Gasteiger partial charge in [-0.2, -0.15) is 13.2 Å². The van der Waals surface area contributed by atoms with E-state index in [0.29, 0.717) is 4.68 Å². The summed E-state index contributed by atoms with van der Waals surface area (Å²) in [4.78, 5) is 21.2. The lowest BCUT2D eigenvalue weighted by atomic mass is 10.2. The lowest BCUT2D eigenvalue weighted by Gasteiger charge is -2.10. The second-order valence-corrected chi connectivity index (χ2v) is 3.96. The highest BCUT2D eigenvalue weighted by atomic mass is 19.4. The number of rotatable bonds is 3. The number of aromatic nitrogens is 3. The summed E-state index contributed by atoms with van der Waals surface area (Å²) < 4.78 is 43.9. The predicted molar refractivity (Wildman–Crippen MR) is 64.4 cm³/mol. The first-order valence-corrected chi connectivity index (χ1v) is 5.61. The number of nitrogens with zero attached hydrogens (tertiary/aromatic N) is 4. The highest BCUT2D eigenvalue weighted by Crippen LogP contribution is 2.33. The van der Waals surface area contributed by atoms with E-state index in [1.54, 1.807) is 0 Å². The molecule has 0 spiro atoms. The van der Waals surface area contributed by atoms with Crippen molar-refractivity contribution in [3.05, 3.63) is 45.8 Å². The molecule has 11 heteroatoms. The summed E-state index contributed by atoms with van der Waals surface area (Å²) >= 11 is 0. The Balaban J connectivity index is 2.58. The normalized spacial score (nSPS) is 11.3. The fraction of sp³-hybridized carbons (Fsp3) is 0.182. The van der Waals surface area contributed by atoms with Crippen LogP contribution in [0.5, 0.6) is 0 Å². The van der Waals surface area contributed by atoms with Gasteiger partial charge in [-0.25, -0.2) is 9.48 Å². The average Bonchev–Trinajstić information content (AvgIpc) is 2.91. The Bertz CT molecular complexity index is 724. The lowest BCUT2D eigenvalue weighted by Crippen LogP contribution is -2.18. The fourth-order valence-corrected chi connectivity index (χ4v) is 1.67. The molecule has 2 rings (SSSR count). The molecule has 0 N–H and O–H groups in total. The number of methoxy groups -OCH3 is 1. The monoisotopic (exact) mass is 316 g/mol. The number of halogens is 3. The third-order valence-electron chi connectivity index (χ3n) is 2.62. The van der Waals surface area contributed by atoms with Crippen molar-refractivity contribution in [1.29, 1.82) is 0 Å². The van der Waals surface area contributed by atoms with Gasteiger partial charge in [0, 0.05) is 12.1 Å². The zero-order valence-electron chi connectivity index (χ0n) is 10.9. The molecule has 0 aliphatic heterocycles. The third-order valence-corrected chi connectivity index (χ3v) is 2.62. The van der Waals surface area contributed by atoms with Crippen LogP contribution in [-0.2, 0) is 10.9 Å². The molecule has 0 saturated heterocycles. The van der Waals surface area contributed by atoms with Crippen LogP contribution in [0.15, 0.2) is 24.3 Å². The maximum Gasteiger partial charge on any atom is 0.436 e. The first-order valence-electron chi connectivity index (χ1n) is 5.61. The number of non-ortho nitro benzene ring substituents is 1. The van der Waals surface area contributed by atoms with Crippen LogP contribution in [0, 0.1) is 10.1 Å². The average molecular weight is 316 g/mol. The van der Waals surface area contributed by atoms with Gasteiger partial charge in [0.1, 0.15) is 0 Å². The van der Waals surface area contributed by atoms with E-state index in [2.05, 4.69) is 15.0 Å². The number of nitro groups is 1. The zero-order valence-corrected chi connectivity index (χ0v) is 10.9. The highest BCUT2D eigenvalue weighted by Gasteiger charge is 2.42. The summed E-state index contributed by atoms with van der Waals surface area (Å²) in [6, 6.07) is 4.14. The quantitative estimate of drug-likeness (QED) is 0.487. The van der Waals surface area contributed by atoms with Crippen molar-refractivity contribution in [3.8, 4) is 5.69 Å². The van der Waals surface area contributed by atoms with Gasteiger partial charge in [-0.05, 0) is 12.1 Å². The van der Waals surface area contributed by atoms with Gasteiger partial charge in [-0.1, -0.05) is 5.21 Å². The van der Waals surface area contributed by atoms with Gasteiger partial charge in [-0.3, -0.25) is 10.1 Å². The van der Waals surface area contributed by atoms with Crippen molar-refractivity contribution in [2.45, 2.75) is 6.18 Å². The van der Waals surface area contributed by atoms with Gasteiger partial charge in [0.2, 0.25) is 5.69 Å². The number of alkyl halides is 3. The van der Waals surface area contributed by atoms with E-state index in [9.17, 15) is 28.1 Å². The van der Waals surface area contributed by atoms with Gasteiger partial charge in [0.25, 0.3) is 5.69 Å². The molecule has 0 amide bonds. The van der Waals surface area contributed by atoms with Crippen LogP contribution < -0.4 is 0 Å². The Labute approximate surface area is 120 Å². The first kappa shape index (κ1) is 15.4. The number of esters is 1. The van der Waals surface area contributed by atoms with Crippen molar-refractivity contribution < 1.29 is 27.6 Å². The van der Waals surface area contributed by atoms with Crippen molar-refractivity contribution in [3.63, 3.8) is 0 Å². The largest absolute Gasteiger partial charge is 0.464 e. The minimum absolute atomic E-state index is 0.138. The standard InChI is InChI=1S/C11H7F3N4O4/c1-22-10(19)8-9(11(12,13)14)17(16-15-8)6-2-4-7(5-3-6)18(20)21/h2-5H,1H3. The van der Waals surface area contributed by atoms with Crippen LogP contribution in [0.3, 0.4) is 0 Å². The van der Waals surface area contributed by atoms with Gasteiger partial charge in [0.15, 0.2) is 5.69 Å². The predicted octanol–water partition coefficient (Wildman–Crippen LogP) is 1.98. The van der Waals surface area contributed by atoms with Gasteiger partial charge in [-0.15, -0.1) is 5.10 Å². The SMILES string of the molecule is COC(=O)c1nnn(-c2ccc([N+](=O)[O-])cc2)c1C(F)(F)F. The summed E-state index contributed by atoms with van der Waals surface area (Å²) in [5, 5.41) is 17.0. The number of nitro benzene ring substituents is 1. The molecular weight excluding hydrogens is 309 g/mol. The van der Waals surface area contributed by atoms with E-state index >= 15 is 0 Å². The van der Waals surface area contributed by atoms with E-state index in [0.717, 1.165) is 31.4 Å². The molecule has 0 bridgehead atoms. The summed E-state index contributed by atoms with van der Waals surface area (Å²) in [6.07, 6.45) is -4.92. The van der Waals surface area contributed by atoms with E-state index in [4.69, 9.17) is 0 Å². The molecule has 1 aromatic heterocycles. The second kappa shape index (κ2) is 5.42. The zero-order chi connectivity index (χ0) is 16.5. The fourth-order valence-electron chi connectivity index (χ4n) is 1.67. The van der Waals surface area contributed by atoms with E-state index < -0.39 is 28.5 Å². The number of carbonyl (C=O) groups excluding carboxylic acids is 1. The van der Waals surface area contributed by atoms with Crippen LogP contribution in [0.4, 0.5) is 18.9 Å². The second-order valence-electron chi connectivity index (χ2n) is 3.96. The molecule has 0 aliphatic carbocycles. The highest BCUT2D eigenvalue weighted by molar-refractivity contribution is 5.88. The smallest absolute Gasteiger partial charge is 0.436 e. The summed E-state index contributed by atoms with van der Waals surface area (Å²) in [5.74, 6) is -1.29. The van der Waals surface area contributed by atoms with E-state index in [1.807, 2.05) is 0 Å². The van der Waals surface area contributed by atoms with Crippen molar-refractivity contribution in [2.75, 3.05) is 7.11 Å². The van der Waals surface area contributed by atoms with Crippen LogP contribution in [0.2, 0.25) is 0 Å². The molecule has 2 aromatic rings. The third kappa shape index (κ3) is 2.73. The minimum Gasteiger partial charge on any atom is -0.464 e. The molecule has 1 aromatic carbocycles. The summed E-state index contributed by atoms with van der Waals surface area (Å²) in [7, 11) is 0.910. The maximum absolute atomic E-state index is 13.1. The van der Waals surface area contributed by atoms with Crippen molar-refractivity contribution in [1.82, 2.24) is 15.0 Å². The van der Waals surface area contributed by atoms with Crippen LogP contribution in [-0.4, -0.2) is 33.0 Å². The molecule has 0 saturated carbocycles. The summed E-state index contributed by atoms with van der Waals surface area (Å²) in [5.41, 5.74) is -2.85. The molecule has 116 valence electrons. The number of carbonyl (C=O) groups is 1. The van der Waals surface area contributed by atoms with Crippen LogP contribution in [0.25, 0.3) is 5.69 Å². The maximum atomic E-state index is 13.1. The Morgan fingerprint density at radius 3 is 2.36 bits per heavy atom. The molecule has 1 heterocycles. The Hall–Kier alpha value is -2.98. The number of benzene rings is 1. The molecular formula is C11H7F3N4O4. The molecule has 0 radical (unpaired) electrons. The molecule has 8 nitrogen and oxygen atoms in total.